The second-order valence-electron chi connectivity index (χ2n) is 5.09. The van der Waals surface area contributed by atoms with Crippen LogP contribution in [-0.2, 0) is 18.4 Å². The zero-order valence-electron chi connectivity index (χ0n) is 13.3. The minimum atomic E-state index is -0.280. The lowest BCUT2D eigenvalue weighted by Crippen LogP contribution is -2.28. The van der Waals surface area contributed by atoms with E-state index in [2.05, 4.69) is 36.8 Å². The van der Waals surface area contributed by atoms with Crippen LogP contribution in [0.15, 0.2) is 16.9 Å². The summed E-state index contributed by atoms with van der Waals surface area (Å²) in [4.78, 5) is 24.3. The molecule has 0 aliphatic carbocycles. The fourth-order valence-corrected chi connectivity index (χ4v) is 2.35. The Morgan fingerprint density at radius 1 is 1.39 bits per heavy atom. The topological polar surface area (TPSA) is 93.8 Å². The van der Waals surface area contributed by atoms with Crippen molar-refractivity contribution in [2.75, 3.05) is 11.9 Å². The molecule has 0 saturated heterocycles. The van der Waals surface area contributed by atoms with Gasteiger partial charge in [-0.3, -0.25) is 19.0 Å². The fourth-order valence-electron chi connectivity index (χ4n) is 2.03. The number of carbonyl (C=O) groups excluding carboxylic acids is 2. The molecule has 0 bridgehead atoms. The van der Waals surface area contributed by atoms with Gasteiger partial charge in [-0.25, -0.2) is 0 Å². The molecular weight excluding hydrogens is 364 g/mol. The predicted octanol–water partition coefficient (Wildman–Crippen LogP) is 1.47. The summed E-state index contributed by atoms with van der Waals surface area (Å²) in [6, 6.07) is 0. The standard InChI is InChI=1S/C14H19BrN6O2/c1-4-5-16-14(23)13-11(6-17-20(13)3)18-12(22)8-21-7-10(15)9(2)19-21/h6-7H,4-5,8H2,1-3H3,(H,16,23)(H,18,22). The molecule has 2 aromatic rings. The van der Waals surface area contributed by atoms with Crippen LogP contribution in [0.3, 0.4) is 0 Å². The first kappa shape index (κ1) is 17.2. The van der Waals surface area contributed by atoms with E-state index in [1.165, 1.54) is 15.6 Å². The van der Waals surface area contributed by atoms with Crippen LogP contribution in [0.1, 0.15) is 29.5 Å². The van der Waals surface area contributed by atoms with E-state index in [0.717, 1.165) is 16.6 Å². The molecule has 8 nitrogen and oxygen atoms in total. The summed E-state index contributed by atoms with van der Waals surface area (Å²) in [5.41, 5.74) is 1.51. The molecule has 2 heterocycles. The number of carbonyl (C=O) groups is 2. The molecule has 2 aromatic heterocycles. The molecule has 0 unspecified atom stereocenters. The van der Waals surface area contributed by atoms with Crippen molar-refractivity contribution < 1.29 is 9.59 Å². The first-order valence-electron chi connectivity index (χ1n) is 7.22. The third-order valence-electron chi connectivity index (χ3n) is 3.16. The Labute approximate surface area is 142 Å². The lowest BCUT2D eigenvalue weighted by atomic mass is 10.3. The zero-order valence-corrected chi connectivity index (χ0v) is 14.8. The SMILES string of the molecule is CCCNC(=O)c1c(NC(=O)Cn2cc(Br)c(C)n2)cnn1C. The Hall–Kier alpha value is -2.16. The van der Waals surface area contributed by atoms with Gasteiger partial charge in [0, 0.05) is 19.8 Å². The Morgan fingerprint density at radius 2 is 2.13 bits per heavy atom. The lowest BCUT2D eigenvalue weighted by Gasteiger charge is -2.08. The second-order valence-corrected chi connectivity index (χ2v) is 5.95. The summed E-state index contributed by atoms with van der Waals surface area (Å²) in [7, 11) is 1.66. The molecule has 0 fully saturated rings. The Morgan fingerprint density at radius 3 is 2.74 bits per heavy atom. The fraction of sp³-hybridized carbons (Fsp3) is 0.429. The summed E-state index contributed by atoms with van der Waals surface area (Å²) >= 11 is 3.35. The van der Waals surface area contributed by atoms with Crippen molar-refractivity contribution >= 4 is 33.4 Å². The number of amides is 2. The third-order valence-corrected chi connectivity index (χ3v) is 3.93. The molecule has 0 saturated carbocycles. The number of nitrogens with one attached hydrogen (secondary N) is 2. The van der Waals surface area contributed by atoms with Crippen LogP contribution in [0.4, 0.5) is 5.69 Å². The maximum Gasteiger partial charge on any atom is 0.271 e. The highest BCUT2D eigenvalue weighted by Gasteiger charge is 2.18. The van der Waals surface area contributed by atoms with E-state index in [-0.39, 0.29) is 18.4 Å². The second kappa shape index (κ2) is 7.40. The summed E-state index contributed by atoms with van der Waals surface area (Å²) in [6.45, 7) is 4.43. The van der Waals surface area contributed by atoms with E-state index in [1.807, 2.05) is 13.8 Å². The van der Waals surface area contributed by atoms with E-state index in [1.54, 1.807) is 13.2 Å². The van der Waals surface area contributed by atoms with E-state index in [9.17, 15) is 9.59 Å². The van der Waals surface area contributed by atoms with Gasteiger partial charge in [0.15, 0.2) is 0 Å². The molecule has 0 radical (unpaired) electrons. The average molecular weight is 383 g/mol. The molecule has 2 amide bonds. The number of halogens is 1. The molecule has 9 heteroatoms. The van der Waals surface area contributed by atoms with E-state index >= 15 is 0 Å². The number of aromatic nitrogens is 4. The Balaban J connectivity index is 2.07. The molecule has 23 heavy (non-hydrogen) atoms. The van der Waals surface area contributed by atoms with Gasteiger partial charge >= 0.3 is 0 Å². The number of hydrogen-bond donors (Lipinski definition) is 2. The lowest BCUT2D eigenvalue weighted by molar-refractivity contribution is -0.116. The summed E-state index contributed by atoms with van der Waals surface area (Å²) in [5.74, 6) is -0.544. The summed E-state index contributed by atoms with van der Waals surface area (Å²) in [6.07, 6.45) is 4.02. The number of hydrogen-bond acceptors (Lipinski definition) is 4. The molecule has 0 aliphatic rings. The minimum Gasteiger partial charge on any atom is -0.351 e. The monoisotopic (exact) mass is 382 g/mol. The van der Waals surface area contributed by atoms with Gasteiger partial charge < -0.3 is 10.6 Å². The smallest absolute Gasteiger partial charge is 0.271 e. The van der Waals surface area contributed by atoms with Gasteiger partial charge in [-0.1, -0.05) is 6.92 Å². The van der Waals surface area contributed by atoms with Gasteiger partial charge in [0.2, 0.25) is 5.91 Å². The summed E-state index contributed by atoms with van der Waals surface area (Å²) < 4.78 is 3.81. The van der Waals surface area contributed by atoms with Crippen molar-refractivity contribution in [1.82, 2.24) is 24.9 Å². The number of nitrogens with zero attached hydrogens (tertiary/aromatic N) is 4. The normalized spacial score (nSPS) is 10.6. The molecule has 0 aliphatic heterocycles. The van der Waals surface area contributed by atoms with Crippen molar-refractivity contribution in [3.8, 4) is 0 Å². The predicted molar refractivity (Wildman–Crippen MR) is 89.1 cm³/mol. The average Bonchev–Trinajstić information content (AvgIpc) is 2.99. The van der Waals surface area contributed by atoms with Crippen LogP contribution in [0.25, 0.3) is 0 Å². The van der Waals surface area contributed by atoms with Gasteiger partial charge in [-0.2, -0.15) is 10.2 Å². The van der Waals surface area contributed by atoms with Gasteiger partial charge in [-0.15, -0.1) is 0 Å². The largest absolute Gasteiger partial charge is 0.351 e. The van der Waals surface area contributed by atoms with Crippen LogP contribution in [0.2, 0.25) is 0 Å². The van der Waals surface area contributed by atoms with Gasteiger partial charge in [0.1, 0.15) is 12.2 Å². The quantitative estimate of drug-likeness (QED) is 0.790. The van der Waals surface area contributed by atoms with Crippen LogP contribution in [0.5, 0.6) is 0 Å². The van der Waals surface area contributed by atoms with Crippen LogP contribution in [0, 0.1) is 6.92 Å². The Kier molecular flexibility index (Phi) is 5.54. The first-order chi connectivity index (χ1) is 10.9. The van der Waals surface area contributed by atoms with Crippen molar-refractivity contribution in [1.29, 1.82) is 0 Å². The Bertz CT molecular complexity index is 701. The molecule has 124 valence electrons. The molecular formula is C14H19BrN6O2. The maximum absolute atomic E-state index is 12.1. The highest BCUT2D eigenvalue weighted by Crippen LogP contribution is 2.15. The molecule has 2 rings (SSSR count). The molecule has 2 N–H and O–H groups in total. The van der Waals surface area contributed by atoms with Crippen molar-refractivity contribution in [2.24, 2.45) is 7.05 Å². The van der Waals surface area contributed by atoms with Gasteiger partial charge in [0.05, 0.1) is 22.1 Å². The number of rotatable bonds is 6. The number of anilines is 1. The van der Waals surface area contributed by atoms with Gasteiger partial charge in [0.25, 0.3) is 5.91 Å². The highest BCUT2D eigenvalue weighted by atomic mass is 79.9. The first-order valence-corrected chi connectivity index (χ1v) is 8.01. The maximum atomic E-state index is 12.1. The van der Waals surface area contributed by atoms with Crippen LogP contribution in [-0.4, -0.2) is 37.9 Å². The third kappa shape index (κ3) is 4.19. The van der Waals surface area contributed by atoms with Crippen LogP contribution < -0.4 is 10.6 Å². The van der Waals surface area contributed by atoms with Crippen molar-refractivity contribution in [2.45, 2.75) is 26.8 Å². The van der Waals surface area contributed by atoms with Crippen molar-refractivity contribution in [3.05, 3.63) is 28.3 Å². The molecule has 0 spiro atoms. The minimum absolute atomic E-state index is 0.0529. The van der Waals surface area contributed by atoms with Crippen LogP contribution >= 0.6 is 15.9 Å². The zero-order chi connectivity index (χ0) is 17.0. The van der Waals surface area contributed by atoms with Crippen molar-refractivity contribution in [3.63, 3.8) is 0 Å². The van der Waals surface area contributed by atoms with E-state index in [4.69, 9.17) is 0 Å². The molecule has 0 atom stereocenters. The molecule has 0 aromatic carbocycles. The summed E-state index contributed by atoms with van der Waals surface area (Å²) in [5, 5.41) is 13.7. The number of aryl methyl sites for hydroxylation is 2. The van der Waals surface area contributed by atoms with E-state index in [0.29, 0.717) is 17.9 Å². The highest BCUT2D eigenvalue weighted by molar-refractivity contribution is 9.10. The van der Waals surface area contributed by atoms with Gasteiger partial charge in [-0.05, 0) is 29.3 Å². The van der Waals surface area contributed by atoms with E-state index < -0.39 is 0 Å².